The number of rotatable bonds is 8. The highest BCUT2D eigenvalue weighted by Crippen LogP contribution is 2.23. The van der Waals surface area contributed by atoms with Gasteiger partial charge in [-0.3, -0.25) is 13.9 Å². The van der Waals surface area contributed by atoms with Crippen LogP contribution in [0.3, 0.4) is 0 Å². The summed E-state index contributed by atoms with van der Waals surface area (Å²) in [5.74, 6) is -0.846. The molecule has 33 heavy (non-hydrogen) atoms. The van der Waals surface area contributed by atoms with E-state index in [9.17, 15) is 18.0 Å². The van der Waals surface area contributed by atoms with Crippen LogP contribution in [0.25, 0.3) is 0 Å². The zero-order valence-electron chi connectivity index (χ0n) is 19.3. The molecule has 10 heteroatoms. The Kier molecular flexibility index (Phi) is 8.95. The number of halogens is 2. The Bertz CT molecular complexity index is 1100. The van der Waals surface area contributed by atoms with Gasteiger partial charge in [-0.1, -0.05) is 45.7 Å². The Morgan fingerprint density at radius 1 is 1.12 bits per heavy atom. The minimum Gasteiger partial charge on any atom is -0.350 e. The van der Waals surface area contributed by atoms with Crippen LogP contribution in [0.4, 0.5) is 5.69 Å². The fraction of sp³-hybridized carbons (Fsp3) is 0.391. The van der Waals surface area contributed by atoms with E-state index in [1.807, 2.05) is 45.0 Å². The summed E-state index contributed by atoms with van der Waals surface area (Å²) in [6.45, 7) is 6.85. The average molecular weight is 559 g/mol. The van der Waals surface area contributed by atoms with Crippen LogP contribution < -0.4 is 9.62 Å². The Morgan fingerprint density at radius 3 is 2.24 bits per heavy atom. The lowest BCUT2D eigenvalue weighted by Crippen LogP contribution is -2.54. The summed E-state index contributed by atoms with van der Waals surface area (Å²) < 4.78 is 26.9. The van der Waals surface area contributed by atoms with Crippen molar-refractivity contribution >= 4 is 55.1 Å². The summed E-state index contributed by atoms with van der Waals surface area (Å²) in [6.07, 6.45) is 1.02. The third-order valence-corrected chi connectivity index (χ3v) is 6.61. The summed E-state index contributed by atoms with van der Waals surface area (Å²) in [4.78, 5) is 27.7. The summed E-state index contributed by atoms with van der Waals surface area (Å²) in [7, 11) is -3.80. The molecule has 1 atom stereocenters. The molecule has 0 saturated heterocycles. The third kappa shape index (κ3) is 8.32. The third-order valence-electron chi connectivity index (χ3n) is 4.71. The highest BCUT2D eigenvalue weighted by Gasteiger charge is 2.31. The molecule has 2 aromatic carbocycles. The maximum absolute atomic E-state index is 13.4. The number of benzene rings is 2. The van der Waals surface area contributed by atoms with Crippen molar-refractivity contribution in [2.75, 3.05) is 17.1 Å². The Balaban J connectivity index is 2.39. The first-order chi connectivity index (χ1) is 15.2. The van der Waals surface area contributed by atoms with Crippen LogP contribution in [0.5, 0.6) is 0 Å². The molecule has 0 aliphatic heterocycles. The fourth-order valence-corrected chi connectivity index (χ4v) is 4.38. The molecule has 0 radical (unpaired) electrons. The fourth-order valence-electron chi connectivity index (χ4n) is 3.09. The molecule has 1 N–H and O–H groups in total. The number of hydrogen-bond acceptors (Lipinski definition) is 4. The molecule has 2 amide bonds. The van der Waals surface area contributed by atoms with Crippen LogP contribution in [-0.4, -0.2) is 49.5 Å². The molecule has 0 bridgehead atoms. The van der Waals surface area contributed by atoms with Crippen LogP contribution in [0, 0.1) is 0 Å². The van der Waals surface area contributed by atoms with E-state index in [2.05, 4.69) is 21.2 Å². The van der Waals surface area contributed by atoms with Gasteiger partial charge in [-0.15, -0.1) is 0 Å². The minimum absolute atomic E-state index is 0.137. The summed E-state index contributed by atoms with van der Waals surface area (Å²) in [5, 5.41) is 3.23. The van der Waals surface area contributed by atoms with E-state index < -0.39 is 34.1 Å². The molecule has 0 aliphatic carbocycles. The first-order valence-electron chi connectivity index (χ1n) is 10.3. The molecule has 0 saturated carbocycles. The molecular formula is C23H29BrClN3O4S. The zero-order chi connectivity index (χ0) is 25.0. The summed E-state index contributed by atoms with van der Waals surface area (Å²) >= 11 is 9.42. The second-order valence-electron chi connectivity index (χ2n) is 8.81. The van der Waals surface area contributed by atoms with Gasteiger partial charge in [0.25, 0.3) is 0 Å². The molecule has 180 valence electrons. The van der Waals surface area contributed by atoms with Gasteiger partial charge in [-0.2, -0.15) is 0 Å². The molecule has 2 rings (SSSR count). The number of hydrogen-bond donors (Lipinski definition) is 1. The Labute approximate surface area is 209 Å². The van der Waals surface area contributed by atoms with Crippen LogP contribution in [-0.2, 0) is 26.2 Å². The van der Waals surface area contributed by atoms with Gasteiger partial charge < -0.3 is 10.2 Å². The van der Waals surface area contributed by atoms with Gasteiger partial charge in [-0.05, 0) is 63.6 Å². The minimum atomic E-state index is -3.80. The van der Waals surface area contributed by atoms with E-state index in [4.69, 9.17) is 11.6 Å². The smallest absolute Gasteiger partial charge is 0.244 e. The predicted molar refractivity (Wildman–Crippen MR) is 136 cm³/mol. The largest absolute Gasteiger partial charge is 0.350 e. The lowest BCUT2D eigenvalue weighted by molar-refractivity contribution is -0.140. The molecule has 7 nitrogen and oxygen atoms in total. The SMILES string of the molecule is C[C@H](C(=O)NC(C)(C)C)N(Cc1ccc(Br)cc1)C(=O)CN(c1cccc(Cl)c1)S(C)(=O)=O. The number of carbonyl (C=O) groups excluding carboxylic acids is 2. The summed E-state index contributed by atoms with van der Waals surface area (Å²) in [5.41, 5.74) is 0.585. The maximum atomic E-state index is 13.4. The molecule has 2 aromatic rings. The zero-order valence-corrected chi connectivity index (χ0v) is 22.5. The van der Waals surface area contributed by atoms with Crippen molar-refractivity contribution in [2.24, 2.45) is 0 Å². The van der Waals surface area contributed by atoms with Gasteiger partial charge in [0.1, 0.15) is 12.6 Å². The van der Waals surface area contributed by atoms with Crippen molar-refractivity contribution in [1.82, 2.24) is 10.2 Å². The van der Waals surface area contributed by atoms with Gasteiger partial charge in [0.2, 0.25) is 21.8 Å². The van der Waals surface area contributed by atoms with Crippen LogP contribution in [0.15, 0.2) is 53.0 Å². The number of amides is 2. The Hall–Kier alpha value is -2.10. The molecular weight excluding hydrogens is 530 g/mol. The average Bonchev–Trinajstić information content (AvgIpc) is 2.68. The highest BCUT2D eigenvalue weighted by atomic mass is 79.9. The van der Waals surface area contributed by atoms with Crippen molar-refractivity contribution in [3.8, 4) is 0 Å². The molecule has 0 heterocycles. The van der Waals surface area contributed by atoms with E-state index >= 15 is 0 Å². The predicted octanol–water partition coefficient (Wildman–Crippen LogP) is 4.20. The van der Waals surface area contributed by atoms with Crippen molar-refractivity contribution in [3.63, 3.8) is 0 Å². The van der Waals surface area contributed by atoms with Crippen LogP contribution in [0.1, 0.15) is 33.3 Å². The molecule has 0 spiro atoms. The van der Waals surface area contributed by atoms with Gasteiger partial charge in [-0.25, -0.2) is 8.42 Å². The molecule has 0 unspecified atom stereocenters. The quantitative estimate of drug-likeness (QED) is 0.526. The maximum Gasteiger partial charge on any atom is 0.244 e. The highest BCUT2D eigenvalue weighted by molar-refractivity contribution is 9.10. The van der Waals surface area contributed by atoms with E-state index in [0.717, 1.165) is 20.6 Å². The lowest BCUT2D eigenvalue weighted by atomic mass is 10.1. The monoisotopic (exact) mass is 557 g/mol. The van der Waals surface area contributed by atoms with Gasteiger partial charge >= 0.3 is 0 Å². The normalized spacial score (nSPS) is 12.7. The number of sulfonamides is 1. The van der Waals surface area contributed by atoms with E-state index in [1.54, 1.807) is 25.1 Å². The topological polar surface area (TPSA) is 86.8 Å². The second kappa shape index (κ2) is 10.9. The summed E-state index contributed by atoms with van der Waals surface area (Å²) in [6, 6.07) is 12.8. The number of anilines is 1. The van der Waals surface area contributed by atoms with E-state index in [1.165, 1.54) is 11.0 Å². The van der Waals surface area contributed by atoms with Crippen LogP contribution in [0.2, 0.25) is 5.02 Å². The van der Waals surface area contributed by atoms with Crippen molar-refractivity contribution in [3.05, 3.63) is 63.6 Å². The molecule has 0 aromatic heterocycles. The van der Waals surface area contributed by atoms with E-state index in [-0.39, 0.29) is 18.1 Å². The van der Waals surface area contributed by atoms with Gasteiger partial charge in [0.05, 0.1) is 11.9 Å². The number of nitrogens with one attached hydrogen (secondary N) is 1. The lowest BCUT2D eigenvalue weighted by Gasteiger charge is -2.33. The number of carbonyl (C=O) groups is 2. The first kappa shape index (κ1) is 27.1. The van der Waals surface area contributed by atoms with E-state index in [0.29, 0.717) is 5.02 Å². The van der Waals surface area contributed by atoms with Crippen molar-refractivity contribution in [1.29, 1.82) is 0 Å². The molecule has 0 fully saturated rings. The molecule has 0 aliphatic rings. The van der Waals surface area contributed by atoms with Crippen LogP contribution >= 0.6 is 27.5 Å². The number of nitrogens with zero attached hydrogens (tertiary/aromatic N) is 2. The van der Waals surface area contributed by atoms with Crippen molar-refractivity contribution in [2.45, 2.75) is 45.8 Å². The first-order valence-corrected chi connectivity index (χ1v) is 13.3. The Morgan fingerprint density at radius 2 is 1.73 bits per heavy atom. The van der Waals surface area contributed by atoms with Crippen molar-refractivity contribution < 1.29 is 18.0 Å². The van der Waals surface area contributed by atoms with Gasteiger partial charge in [0, 0.05) is 21.6 Å². The standard InChI is InChI=1S/C23H29BrClN3O4S/c1-16(22(30)26-23(2,3)4)27(14-17-9-11-18(24)12-10-17)21(29)15-28(33(5,31)32)20-8-6-7-19(25)13-20/h6-13,16H,14-15H2,1-5H3,(H,26,30)/t16-/m1/s1. The van der Waals surface area contributed by atoms with Gasteiger partial charge in [0.15, 0.2) is 0 Å². The second-order valence-corrected chi connectivity index (χ2v) is 12.1.